The molecule has 1 aromatic heterocycles. The molecule has 1 heterocycles. The van der Waals surface area contributed by atoms with E-state index in [9.17, 15) is 14.7 Å². The zero-order chi connectivity index (χ0) is 24.0. The second-order valence-electron chi connectivity index (χ2n) is 10.0. The van der Waals surface area contributed by atoms with Crippen LogP contribution in [0.25, 0.3) is 16.6 Å². The minimum Gasteiger partial charge on any atom is -0.465 e. The van der Waals surface area contributed by atoms with Crippen molar-refractivity contribution in [1.29, 1.82) is 0 Å². The predicted octanol–water partition coefficient (Wildman–Crippen LogP) is 6.18. The highest BCUT2D eigenvalue weighted by Gasteiger charge is 2.34. The van der Waals surface area contributed by atoms with Crippen molar-refractivity contribution in [2.45, 2.75) is 65.5 Å². The molecule has 0 spiro atoms. The summed E-state index contributed by atoms with van der Waals surface area (Å²) in [4.78, 5) is 32.0. The zero-order valence-electron chi connectivity index (χ0n) is 19.6. The molecule has 0 saturated carbocycles. The Morgan fingerprint density at radius 3 is 2.28 bits per heavy atom. The Kier molecular flexibility index (Phi) is 6.13. The fraction of sp³-hybridized carbons (Fsp3) is 0.400. The SMILES string of the molecule is C[C@@H](c1nc2cccc(Cl)c2c(=O)n1-c1cccc(C(C)(C)C)c1)N(C(=O)O)C(C)(C)C. The Balaban J connectivity index is 2.41. The van der Waals surface area contributed by atoms with E-state index in [2.05, 4.69) is 20.8 Å². The Labute approximate surface area is 193 Å². The molecule has 0 aliphatic carbocycles. The summed E-state index contributed by atoms with van der Waals surface area (Å²) < 4.78 is 1.50. The molecule has 32 heavy (non-hydrogen) atoms. The smallest absolute Gasteiger partial charge is 0.408 e. The highest BCUT2D eigenvalue weighted by atomic mass is 35.5. The molecule has 1 N–H and O–H groups in total. The van der Waals surface area contributed by atoms with Crippen molar-refractivity contribution in [2.24, 2.45) is 0 Å². The van der Waals surface area contributed by atoms with E-state index in [1.165, 1.54) is 9.47 Å². The van der Waals surface area contributed by atoms with Gasteiger partial charge in [-0.25, -0.2) is 9.78 Å². The summed E-state index contributed by atoms with van der Waals surface area (Å²) in [6.07, 6.45) is -1.08. The summed E-state index contributed by atoms with van der Waals surface area (Å²) >= 11 is 6.39. The van der Waals surface area contributed by atoms with Crippen LogP contribution >= 0.6 is 11.6 Å². The molecule has 0 radical (unpaired) electrons. The summed E-state index contributed by atoms with van der Waals surface area (Å²) in [6.45, 7) is 13.5. The molecule has 170 valence electrons. The minimum atomic E-state index is -1.08. The molecule has 7 heteroatoms. The van der Waals surface area contributed by atoms with Crippen LogP contribution in [-0.4, -0.2) is 31.2 Å². The summed E-state index contributed by atoms with van der Waals surface area (Å²) in [7, 11) is 0. The van der Waals surface area contributed by atoms with Crippen molar-refractivity contribution in [1.82, 2.24) is 14.5 Å². The first kappa shape index (κ1) is 23.8. The highest BCUT2D eigenvalue weighted by molar-refractivity contribution is 6.35. The van der Waals surface area contributed by atoms with Gasteiger partial charge in [-0.1, -0.05) is 50.6 Å². The maximum Gasteiger partial charge on any atom is 0.408 e. The van der Waals surface area contributed by atoms with Gasteiger partial charge < -0.3 is 5.11 Å². The second kappa shape index (κ2) is 8.24. The van der Waals surface area contributed by atoms with E-state index in [1.54, 1.807) is 25.1 Å². The van der Waals surface area contributed by atoms with Gasteiger partial charge in [0.25, 0.3) is 5.56 Å². The van der Waals surface area contributed by atoms with Crippen molar-refractivity contribution >= 4 is 28.6 Å². The molecule has 0 aliphatic rings. The van der Waals surface area contributed by atoms with Gasteiger partial charge in [0.05, 0.1) is 27.7 Å². The largest absolute Gasteiger partial charge is 0.465 e. The van der Waals surface area contributed by atoms with Crippen LogP contribution in [-0.2, 0) is 5.41 Å². The molecule has 2 aromatic carbocycles. The van der Waals surface area contributed by atoms with Crippen LogP contribution in [0.1, 0.15) is 65.9 Å². The molecule has 0 fully saturated rings. The van der Waals surface area contributed by atoms with Gasteiger partial charge in [0.2, 0.25) is 0 Å². The van der Waals surface area contributed by atoms with Crippen LogP contribution in [0.5, 0.6) is 0 Å². The Hall–Kier alpha value is -2.86. The lowest BCUT2D eigenvalue weighted by molar-refractivity contribution is 0.0719. The lowest BCUT2D eigenvalue weighted by Crippen LogP contribution is -2.47. The number of halogens is 1. The van der Waals surface area contributed by atoms with Crippen LogP contribution < -0.4 is 5.56 Å². The quantitative estimate of drug-likeness (QED) is 0.511. The van der Waals surface area contributed by atoms with Crippen molar-refractivity contribution in [3.05, 3.63) is 69.2 Å². The van der Waals surface area contributed by atoms with E-state index in [0.29, 0.717) is 27.4 Å². The summed E-state index contributed by atoms with van der Waals surface area (Å²) in [5.74, 6) is 0.341. The van der Waals surface area contributed by atoms with Gasteiger partial charge in [-0.15, -0.1) is 0 Å². The third-order valence-electron chi connectivity index (χ3n) is 5.53. The Morgan fingerprint density at radius 1 is 1.09 bits per heavy atom. The van der Waals surface area contributed by atoms with Gasteiger partial charge in [0.1, 0.15) is 5.82 Å². The number of hydrogen-bond acceptors (Lipinski definition) is 3. The highest BCUT2D eigenvalue weighted by Crippen LogP contribution is 2.31. The van der Waals surface area contributed by atoms with Crippen LogP contribution in [0.4, 0.5) is 4.79 Å². The topological polar surface area (TPSA) is 75.4 Å². The van der Waals surface area contributed by atoms with Gasteiger partial charge in [-0.3, -0.25) is 14.3 Å². The minimum absolute atomic E-state index is 0.133. The average Bonchev–Trinajstić information content (AvgIpc) is 2.65. The lowest BCUT2D eigenvalue weighted by Gasteiger charge is -2.38. The second-order valence-corrected chi connectivity index (χ2v) is 10.5. The number of amides is 1. The normalized spacial score (nSPS) is 13.2. The Bertz CT molecular complexity index is 1240. The summed E-state index contributed by atoms with van der Waals surface area (Å²) in [5.41, 5.74) is 0.944. The zero-order valence-corrected chi connectivity index (χ0v) is 20.4. The summed E-state index contributed by atoms with van der Waals surface area (Å²) in [5, 5.41) is 10.6. The van der Waals surface area contributed by atoms with Gasteiger partial charge in [0, 0.05) is 5.54 Å². The maximum absolute atomic E-state index is 13.8. The number of nitrogens with zero attached hydrogens (tertiary/aromatic N) is 3. The number of fused-ring (bicyclic) bond motifs is 1. The summed E-state index contributed by atoms with van der Waals surface area (Å²) in [6, 6.07) is 12.1. The molecule has 0 saturated heterocycles. The molecular formula is C25H30ClN3O3. The molecule has 3 rings (SSSR count). The third-order valence-corrected chi connectivity index (χ3v) is 5.85. The number of hydrogen-bond donors (Lipinski definition) is 1. The van der Waals surface area contributed by atoms with E-state index >= 15 is 0 Å². The average molecular weight is 456 g/mol. The lowest BCUT2D eigenvalue weighted by atomic mass is 9.87. The van der Waals surface area contributed by atoms with Crippen molar-refractivity contribution in [3.8, 4) is 5.69 Å². The molecule has 0 bridgehead atoms. The van der Waals surface area contributed by atoms with Crippen molar-refractivity contribution in [2.75, 3.05) is 0 Å². The van der Waals surface area contributed by atoms with E-state index in [0.717, 1.165) is 5.56 Å². The third kappa shape index (κ3) is 4.37. The molecular weight excluding hydrogens is 426 g/mol. The van der Waals surface area contributed by atoms with E-state index in [1.807, 2.05) is 45.0 Å². The molecule has 3 aromatic rings. The first-order valence-corrected chi connectivity index (χ1v) is 11.0. The van der Waals surface area contributed by atoms with Gasteiger partial charge >= 0.3 is 6.09 Å². The number of aromatic nitrogens is 2. The number of benzene rings is 2. The maximum atomic E-state index is 13.8. The molecule has 1 amide bonds. The van der Waals surface area contributed by atoms with Crippen LogP contribution in [0.3, 0.4) is 0 Å². The molecule has 1 atom stereocenters. The molecule has 6 nitrogen and oxygen atoms in total. The first-order valence-electron chi connectivity index (χ1n) is 10.6. The van der Waals surface area contributed by atoms with Crippen molar-refractivity contribution < 1.29 is 9.90 Å². The Morgan fingerprint density at radius 2 is 1.72 bits per heavy atom. The van der Waals surface area contributed by atoms with Gasteiger partial charge in [-0.2, -0.15) is 0 Å². The van der Waals surface area contributed by atoms with E-state index in [4.69, 9.17) is 16.6 Å². The fourth-order valence-corrected chi connectivity index (χ4v) is 4.25. The monoisotopic (exact) mass is 455 g/mol. The van der Waals surface area contributed by atoms with Crippen LogP contribution in [0.2, 0.25) is 5.02 Å². The van der Waals surface area contributed by atoms with Crippen LogP contribution in [0, 0.1) is 0 Å². The number of carbonyl (C=O) groups is 1. The first-order chi connectivity index (χ1) is 14.7. The fourth-order valence-electron chi connectivity index (χ4n) is 4.00. The predicted molar refractivity (Wildman–Crippen MR) is 129 cm³/mol. The number of rotatable bonds is 3. The molecule has 0 unspecified atom stereocenters. The van der Waals surface area contributed by atoms with Crippen LogP contribution in [0.15, 0.2) is 47.3 Å². The molecule has 0 aliphatic heterocycles. The standard InChI is InChI=1S/C25H30ClN3O3/c1-15(29(23(31)32)25(5,6)7)21-27-19-13-9-12-18(26)20(19)22(30)28(21)17-11-8-10-16(14-17)24(2,3)4/h8-15H,1-7H3,(H,31,32)/t15-/m0/s1. The number of carboxylic acid groups (broad SMARTS) is 1. The van der Waals surface area contributed by atoms with E-state index < -0.39 is 17.7 Å². The van der Waals surface area contributed by atoms with Gasteiger partial charge in [0.15, 0.2) is 0 Å². The van der Waals surface area contributed by atoms with Gasteiger partial charge in [-0.05, 0) is 62.9 Å². The van der Waals surface area contributed by atoms with E-state index in [-0.39, 0.29) is 11.0 Å². The van der Waals surface area contributed by atoms with Crippen molar-refractivity contribution in [3.63, 3.8) is 0 Å².